The van der Waals surface area contributed by atoms with Crippen molar-refractivity contribution in [1.82, 2.24) is 15.5 Å². The van der Waals surface area contributed by atoms with Crippen molar-refractivity contribution in [3.05, 3.63) is 33.8 Å². The Balaban J connectivity index is 1.70. The topological polar surface area (TPSA) is 76.1 Å². The lowest BCUT2D eigenvalue weighted by Gasteiger charge is -2.18. The van der Waals surface area contributed by atoms with Crippen molar-refractivity contribution in [1.29, 1.82) is 0 Å². The number of urea groups is 1. The molecule has 0 fully saturated rings. The molecule has 8 heteroatoms. The fourth-order valence-electron chi connectivity index (χ4n) is 2.43. The van der Waals surface area contributed by atoms with Gasteiger partial charge in [-0.05, 0) is 31.4 Å². The highest BCUT2D eigenvalue weighted by Crippen LogP contribution is 2.33. The van der Waals surface area contributed by atoms with Gasteiger partial charge in [0, 0.05) is 10.6 Å². The molecule has 2 heterocycles. The van der Waals surface area contributed by atoms with Gasteiger partial charge in [0.15, 0.2) is 0 Å². The number of amides is 2. The van der Waals surface area contributed by atoms with Crippen molar-refractivity contribution in [2.24, 2.45) is 0 Å². The lowest BCUT2D eigenvalue weighted by Crippen LogP contribution is -2.32. The average Bonchev–Trinajstić information content (AvgIpc) is 2.89. The fourth-order valence-corrected chi connectivity index (χ4v) is 3.27. The summed E-state index contributed by atoms with van der Waals surface area (Å²) in [6.07, 6.45) is 2.46. The lowest BCUT2D eigenvalue weighted by molar-refractivity contribution is 0.247. The molecule has 1 aliphatic heterocycles. The predicted molar refractivity (Wildman–Crippen MR) is 90.4 cm³/mol. The summed E-state index contributed by atoms with van der Waals surface area (Å²) in [5.74, 6) is 0.726. The first-order valence-corrected chi connectivity index (χ1v) is 8.67. The second-order valence-electron chi connectivity index (χ2n) is 5.18. The van der Waals surface area contributed by atoms with Crippen LogP contribution in [-0.2, 0) is 6.42 Å². The zero-order valence-electron chi connectivity index (χ0n) is 12.6. The van der Waals surface area contributed by atoms with E-state index in [1.54, 1.807) is 12.1 Å². The Kier molecular flexibility index (Phi) is 4.97. The van der Waals surface area contributed by atoms with Crippen LogP contribution in [0.15, 0.2) is 18.2 Å². The van der Waals surface area contributed by atoms with Gasteiger partial charge in [-0.2, -0.15) is 0 Å². The second kappa shape index (κ2) is 7.14. The van der Waals surface area contributed by atoms with Gasteiger partial charge in [0.1, 0.15) is 10.8 Å². The monoisotopic (exact) mass is 352 g/mol. The van der Waals surface area contributed by atoms with Crippen LogP contribution in [0.3, 0.4) is 0 Å². The molecule has 1 aromatic carbocycles. The molecule has 1 unspecified atom stereocenters. The Morgan fingerprint density at radius 3 is 3.13 bits per heavy atom. The Labute approximate surface area is 143 Å². The molecule has 2 N–H and O–H groups in total. The molecule has 0 spiro atoms. The van der Waals surface area contributed by atoms with E-state index < -0.39 is 0 Å². The molecule has 0 radical (unpaired) electrons. The van der Waals surface area contributed by atoms with Gasteiger partial charge < -0.3 is 10.1 Å². The minimum atomic E-state index is -0.295. The number of anilines is 1. The number of hydrogen-bond donors (Lipinski definition) is 2. The molecule has 122 valence electrons. The van der Waals surface area contributed by atoms with Crippen LogP contribution in [0.2, 0.25) is 5.02 Å². The van der Waals surface area contributed by atoms with Crippen molar-refractivity contribution in [3.63, 3.8) is 0 Å². The average molecular weight is 353 g/mol. The standard InChI is InChI=1S/C15H17ClN4O2S/c1-2-13-19-20-15(23-13)18-14(21)17-11-4-3-7-22-12-8-9(16)5-6-10(11)12/h5-6,8,11H,2-4,7H2,1H3,(H2,17,18,20,21). The van der Waals surface area contributed by atoms with E-state index in [1.165, 1.54) is 11.3 Å². The number of nitrogens with one attached hydrogen (secondary N) is 2. The van der Waals surface area contributed by atoms with Crippen LogP contribution in [0.5, 0.6) is 5.75 Å². The molecule has 0 saturated heterocycles. The molecule has 3 rings (SSSR count). The second-order valence-corrected chi connectivity index (χ2v) is 6.68. The van der Waals surface area contributed by atoms with E-state index >= 15 is 0 Å². The fraction of sp³-hybridized carbons (Fsp3) is 0.400. The van der Waals surface area contributed by atoms with Gasteiger partial charge in [-0.15, -0.1) is 10.2 Å². The number of halogens is 1. The van der Waals surface area contributed by atoms with Crippen molar-refractivity contribution < 1.29 is 9.53 Å². The molecule has 0 bridgehead atoms. The van der Waals surface area contributed by atoms with Crippen LogP contribution in [-0.4, -0.2) is 22.8 Å². The number of hydrogen-bond acceptors (Lipinski definition) is 5. The minimum absolute atomic E-state index is 0.122. The molecule has 2 aromatic rings. The smallest absolute Gasteiger partial charge is 0.321 e. The molecule has 0 saturated carbocycles. The first-order chi connectivity index (χ1) is 11.2. The van der Waals surface area contributed by atoms with Gasteiger partial charge in [0.25, 0.3) is 0 Å². The van der Waals surface area contributed by atoms with Crippen LogP contribution in [0.1, 0.15) is 36.4 Å². The maximum Gasteiger partial charge on any atom is 0.321 e. The normalized spacial score (nSPS) is 16.9. The van der Waals surface area contributed by atoms with Crippen LogP contribution >= 0.6 is 22.9 Å². The predicted octanol–water partition coefficient (Wildman–Crippen LogP) is 3.79. The summed E-state index contributed by atoms with van der Waals surface area (Å²) in [6, 6.07) is 5.07. The SMILES string of the molecule is CCc1nnc(NC(=O)NC2CCCOc3cc(Cl)ccc32)s1. The Morgan fingerprint density at radius 1 is 1.48 bits per heavy atom. The van der Waals surface area contributed by atoms with E-state index in [4.69, 9.17) is 16.3 Å². The summed E-state index contributed by atoms with van der Waals surface area (Å²) < 4.78 is 5.70. The van der Waals surface area contributed by atoms with Crippen molar-refractivity contribution in [3.8, 4) is 5.75 Å². The molecule has 1 aliphatic rings. The van der Waals surface area contributed by atoms with Crippen molar-refractivity contribution in [2.45, 2.75) is 32.2 Å². The zero-order valence-corrected chi connectivity index (χ0v) is 14.2. The Bertz CT molecular complexity index is 707. The van der Waals surface area contributed by atoms with Gasteiger partial charge in [-0.25, -0.2) is 4.79 Å². The van der Waals surface area contributed by atoms with E-state index in [1.807, 2.05) is 13.0 Å². The third kappa shape index (κ3) is 3.92. The Morgan fingerprint density at radius 2 is 2.35 bits per heavy atom. The molecule has 0 aliphatic carbocycles. The van der Waals surface area contributed by atoms with Crippen LogP contribution in [0.4, 0.5) is 9.93 Å². The number of ether oxygens (including phenoxy) is 1. The molecule has 23 heavy (non-hydrogen) atoms. The van der Waals surface area contributed by atoms with Gasteiger partial charge in [-0.1, -0.05) is 35.9 Å². The quantitative estimate of drug-likeness (QED) is 0.881. The molecular weight excluding hydrogens is 336 g/mol. The highest BCUT2D eigenvalue weighted by atomic mass is 35.5. The van der Waals surface area contributed by atoms with E-state index in [0.717, 1.165) is 35.6 Å². The van der Waals surface area contributed by atoms with Gasteiger partial charge in [0.2, 0.25) is 5.13 Å². The summed E-state index contributed by atoms with van der Waals surface area (Å²) in [6.45, 7) is 2.61. The van der Waals surface area contributed by atoms with E-state index in [9.17, 15) is 4.79 Å². The third-order valence-corrected chi connectivity index (χ3v) is 4.76. The number of aromatic nitrogens is 2. The van der Waals surface area contributed by atoms with Crippen LogP contribution in [0, 0.1) is 0 Å². The minimum Gasteiger partial charge on any atom is -0.493 e. The largest absolute Gasteiger partial charge is 0.493 e. The van der Waals surface area contributed by atoms with E-state index in [2.05, 4.69) is 20.8 Å². The van der Waals surface area contributed by atoms with Gasteiger partial charge in [0.05, 0.1) is 12.6 Å². The summed E-state index contributed by atoms with van der Waals surface area (Å²) in [5.41, 5.74) is 0.938. The van der Waals surface area contributed by atoms with Crippen LogP contribution in [0.25, 0.3) is 0 Å². The maximum absolute atomic E-state index is 12.2. The molecule has 6 nitrogen and oxygen atoms in total. The number of carbonyl (C=O) groups excluding carboxylic acids is 1. The number of rotatable bonds is 3. The van der Waals surface area contributed by atoms with Gasteiger partial charge in [-0.3, -0.25) is 5.32 Å². The number of aryl methyl sites for hydroxylation is 1. The summed E-state index contributed by atoms with van der Waals surface area (Å²) in [7, 11) is 0. The van der Waals surface area contributed by atoms with Crippen LogP contribution < -0.4 is 15.4 Å². The molecular formula is C15H17ClN4O2S. The van der Waals surface area contributed by atoms with Crippen molar-refractivity contribution in [2.75, 3.05) is 11.9 Å². The number of fused-ring (bicyclic) bond motifs is 1. The lowest BCUT2D eigenvalue weighted by atomic mass is 10.0. The summed E-state index contributed by atoms with van der Waals surface area (Å²) in [5, 5.41) is 15.7. The first-order valence-electron chi connectivity index (χ1n) is 7.48. The van der Waals surface area contributed by atoms with Gasteiger partial charge >= 0.3 is 6.03 Å². The van der Waals surface area contributed by atoms with E-state index in [-0.39, 0.29) is 12.1 Å². The van der Waals surface area contributed by atoms with Crippen molar-refractivity contribution >= 4 is 34.1 Å². The number of nitrogens with zero attached hydrogens (tertiary/aromatic N) is 2. The summed E-state index contributed by atoms with van der Waals surface area (Å²) >= 11 is 7.39. The highest BCUT2D eigenvalue weighted by Gasteiger charge is 2.22. The maximum atomic E-state index is 12.2. The first kappa shape index (κ1) is 16.0. The molecule has 1 aromatic heterocycles. The zero-order chi connectivity index (χ0) is 16.2. The van der Waals surface area contributed by atoms with E-state index in [0.29, 0.717) is 16.8 Å². The number of benzene rings is 1. The Hall–Kier alpha value is -1.86. The third-order valence-electron chi connectivity index (χ3n) is 3.54. The number of carbonyl (C=O) groups is 1. The highest BCUT2D eigenvalue weighted by molar-refractivity contribution is 7.15. The summed E-state index contributed by atoms with van der Waals surface area (Å²) in [4.78, 5) is 12.2. The molecule has 1 atom stereocenters. The molecule has 2 amide bonds.